The van der Waals surface area contributed by atoms with Crippen molar-refractivity contribution in [3.63, 3.8) is 0 Å². The first-order valence-electron chi connectivity index (χ1n) is 9.50. The second-order valence-electron chi connectivity index (χ2n) is 6.97. The first-order chi connectivity index (χ1) is 12.7. The fourth-order valence-electron chi connectivity index (χ4n) is 3.66. The van der Waals surface area contributed by atoms with E-state index in [-0.39, 0.29) is 18.3 Å². The lowest BCUT2D eigenvalue weighted by molar-refractivity contribution is -0.143. The van der Waals surface area contributed by atoms with Crippen LogP contribution in [0.5, 0.6) is 0 Å². The Morgan fingerprint density at radius 2 is 1.63 bits per heavy atom. The summed E-state index contributed by atoms with van der Waals surface area (Å²) >= 11 is 0. The predicted octanol–water partition coefficient (Wildman–Crippen LogP) is 5.12. The van der Waals surface area contributed by atoms with Gasteiger partial charge in [-0.25, -0.2) is 0 Å². The van der Waals surface area contributed by atoms with Crippen molar-refractivity contribution in [3.8, 4) is 0 Å². The number of benzene rings is 2. The summed E-state index contributed by atoms with van der Waals surface area (Å²) in [6.07, 6.45) is 6.18. The zero-order valence-electron chi connectivity index (χ0n) is 15.6. The number of hydrogen-bond acceptors (Lipinski definition) is 2. The van der Waals surface area contributed by atoms with Gasteiger partial charge in [-0.3, -0.25) is 4.79 Å². The molecule has 1 heterocycles. The third kappa shape index (κ3) is 6.23. The van der Waals surface area contributed by atoms with Gasteiger partial charge in [0.2, 0.25) is 0 Å². The molecule has 27 heavy (non-hydrogen) atoms. The molecule has 0 aromatic heterocycles. The summed E-state index contributed by atoms with van der Waals surface area (Å²) in [5.41, 5.74) is 3.75. The number of aliphatic carboxylic acids is 1. The van der Waals surface area contributed by atoms with Gasteiger partial charge in [0.25, 0.3) is 0 Å². The number of carboxylic acids is 1. The van der Waals surface area contributed by atoms with Crippen LogP contribution in [0.15, 0.2) is 66.7 Å². The van der Waals surface area contributed by atoms with Gasteiger partial charge in [-0.1, -0.05) is 66.7 Å². The van der Waals surface area contributed by atoms with E-state index < -0.39 is 5.97 Å². The molecule has 4 heteroatoms. The first-order valence-corrected chi connectivity index (χ1v) is 9.50. The summed E-state index contributed by atoms with van der Waals surface area (Å²) < 4.78 is 0. The highest BCUT2D eigenvalue weighted by Crippen LogP contribution is 2.24. The summed E-state index contributed by atoms with van der Waals surface area (Å²) in [6.45, 7) is 2.69. The lowest BCUT2D eigenvalue weighted by atomic mass is 9.96. The highest BCUT2D eigenvalue weighted by molar-refractivity contribution is 5.85. The summed E-state index contributed by atoms with van der Waals surface area (Å²) in [6, 6.07) is 21.0. The minimum atomic E-state index is -0.648. The first kappa shape index (κ1) is 21.2. The van der Waals surface area contributed by atoms with Gasteiger partial charge in [0.1, 0.15) is 0 Å². The zero-order chi connectivity index (χ0) is 18.2. The van der Waals surface area contributed by atoms with Crippen molar-refractivity contribution in [3.05, 3.63) is 77.9 Å². The highest BCUT2D eigenvalue weighted by Gasteiger charge is 2.24. The van der Waals surface area contributed by atoms with Gasteiger partial charge in [-0.15, -0.1) is 12.4 Å². The molecule has 144 valence electrons. The normalized spacial score (nSPS) is 17.0. The third-order valence-electron chi connectivity index (χ3n) is 5.05. The molecule has 0 amide bonds. The Hall–Kier alpha value is -2.10. The van der Waals surface area contributed by atoms with Gasteiger partial charge < -0.3 is 10.0 Å². The summed E-state index contributed by atoms with van der Waals surface area (Å²) in [4.78, 5) is 13.5. The van der Waals surface area contributed by atoms with E-state index in [9.17, 15) is 9.90 Å². The van der Waals surface area contributed by atoms with Gasteiger partial charge in [-0.2, -0.15) is 0 Å². The van der Waals surface area contributed by atoms with Crippen LogP contribution in [0.2, 0.25) is 0 Å². The van der Waals surface area contributed by atoms with Crippen LogP contribution in [0, 0.1) is 5.92 Å². The van der Waals surface area contributed by atoms with Gasteiger partial charge in [-0.05, 0) is 55.5 Å². The van der Waals surface area contributed by atoms with E-state index in [4.69, 9.17) is 0 Å². The Morgan fingerprint density at radius 3 is 2.19 bits per heavy atom. The summed E-state index contributed by atoms with van der Waals surface area (Å²) in [5.74, 6) is -0.839. The van der Waals surface area contributed by atoms with E-state index in [1.807, 2.05) is 12.1 Å². The number of rotatable bonds is 7. The van der Waals surface area contributed by atoms with Crippen LogP contribution < -0.4 is 0 Å². The zero-order valence-corrected chi connectivity index (χ0v) is 16.4. The standard InChI is InChI=1S/C23H27NO2.ClH/c25-23(26)21-14-9-17-24(18-21)16-8-7-15-22(19-10-3-1-4-11-19)20-12-5-2-6-13-20;/h1-6,10-13,15,21H,7-9,14,16-18H2,(H,25,26);1H. The average Bonchev–Trinajstić information content (AvgIpc) is 2.69. The van der Waals surface area contributed by atoms with Gasteiger partial charge in [0.15, 0.2) is 0 Å². The number of unbranched alkanes of at least 4 members (excludes halogenated alkanes) is 1. The SMILES string of the molecule is Cl.O=C(O)C1CCCN(CCCC=C(c2ccccc2)c2ccccc2)C1. The number of allylic oxidation sites excluding steroid dienone is 1. The van der Waals surface area contributed by atoms with Crippen molar-refractivity contribution < 1.29 is 9.90 Å². The molecule has 2 aromatic rings. The summed E-state index contributed by atoms with van der Waals surface area (Å²) in [5, 5.41) is 9.22. The van der Waals surface area contributed by atoms with Crippen LogP contribution in [-0.2, 0) is 4.79 Å². The Morgan fingerprint density at radius 1 is 1.04 bits per heavy atom. The molecule has 0 aliphatic carbocycles. The molecule has 3 rings (SSSR count). The molecule has 0 bridgehead atoms. The Bertz CT molecular complexity index is 689. The molecule has 2 aromatic carbocycles. The summed E-state index contributed by atoms with van der Waals surface area (Å²) in [7, 11) is 0. The molecular weight excluding hydrogens is 358 g/mol. The maximum atomic E-state index is 11.2. The van der Waals surface area contributed by atoms with E-state index >= 15 is 0 Å². The van der Waals surface area contributed by atoms with Crippen molar-refractivity contribution in [2.45, 2.75) is 25.7 Å². The lowest BCUT2D eigenvalue weighted by Gasteiger charge is -2.30. The quantitative estimate of drug-likeness (QED) is 0.672. The molecule has 0 radical (unpaired) electrons. The van der Waals surface area contributed by atoms with Crippen LogP contribution in [0.1, 0.15) is 36.8 Å². The van der Waals surface area contributed by atoms with E-state index in [0.717, 1.165) is 38.8 Å². The lowest BCUT2D eigenvalue weighted by Crippen LogP contribution is -2.39. The highest BCUT2D eigenvalue weighted by atomic mass is 35.5. The number of hydrogen-bond donors (Lipinski definition) is 1. The number of carbonyl (C=O) groups is 1. The Labute approximate surface area is 168 Å². The molecular formula is C23H28ClNO2. The van der Waals surface area contributed by atoms with Crippen LogP contribution >= 0.6 is 12.4 Å². The number of likely N-dealkylation sites (tertiary alicyclic amines) is 1. The van der Waals surface area contributed by atoms with Crippen LogP contribution in [0.4, 0.5) is 0 Å². The van der Waals surface area contributed by atoms with Crippen molar-refractivity contribution in [1.29, 1.82) is 0 Å². The minimum Gasteiger partial charge on any atom is -0.481 e. The van der Waals surface area contributed by atoms with Crippen molar-refractivity contribution >= 4 is 23.9 Å². The van der Waals surface area contributed by atoms with Crippen LogP contribution in [0.25, 0.3) is 5.57 Å². The largest absolute Gasteiger partial charge is 0.481 e. The van der Waals surface area contributed by atoms with Gasteiger partial charge in [0.05, 0.1) is 5.92 Å². The maximum Gasteiger partial charge on any atom is 0.307 e. The van der Waals surface area contributed by atoms with E-state index in [1.54, 1.807) is 0 Å². The monoisotopic (exact) mass is 385 g/mol. The Kier molecular flexibility index (Phi) is 8.56. The van der Waals surface area contributed by atoms with Crippen molar-refractivity contribution in [1.82, 2.24) is 4.90 Å². The Balaban J connectivity index is 0.00000261. The van der Waals surface area contributed by atoms with Crippen LogP contribution in [0.3, 0.4) is 0 Å². The number of carboxylic acid groups (broad SMARTS) is 1. The molecule has 1 N–H and O–H groups in total. The fourth-order valence-corrected chi connectivity index (χ4v) is 3.66. The second-order valence-corrected chi connectivity index (χ2v) is 6.97. The molecule has 3 nitrogen and oxygen atoms in total. The molecule has 0 spiro atoms. The van der Waals surface area contributed by atoms with E-state index in [1.165, 1.54) is 16.7 Å². The number of piperidine rings is 1. The number of halogens is 1. The molecule has 1 atom stereocenters. The second kappa shape index (κ2) is 10.9. The minimum absolute atomic E-state index is 0. The molecule has 1 unspecified atom stereocenters. The molecule has 0 saturated carbocycles. The van der Waals surface area contributed by atoms with Crippen molar-refractivity contribution in [2.24, 2.45) is 5.92 Å². The van der Waals surface area contributed by atoms with E-state index in [2.05, 4.69) is 59.5 Å². The molecule has 1 fully saturated rings. The van der Waals surface area contributed by atoms with Crippen LogP contribution in [-0.4, -0.2) is 35.6 Å². The van der Waals surface area contributed by atoms with E-state index in [0.29, 0.717) is 6.54 Å². The van der Waals surface area contributed by atoms with Crippen molar-refractivity contribution in [2.75, 3.05) is 19.6 Å². The molecule has 1 saturated heterocycles. The molecule has 1 aliphatic rings. The predicted molar refractivity (Wildman–Crippen MR) is 113 cm³/mol. The smallest absolute Gasteiger partial charge is 0.307 e. The van der Waals surface area contributed by atoms with Gasteiger partial charge >= 0.3 is 5.97 Å². The number of nitrogens with zero attached hydrogens (tertiary/aromatic N) is 1. The maximum absolute atomic E-state index is 11.2. The third-order valence-corrected chi connectivity index (χ3v) is 5.05. The fraction of sp³-hybridized carbons (Fsp3) is 0.348. The van der Waals surface area contributed by atoms with Gasteiger partial charge in [0, 0.05) is 6.54 Å². The average molecular weight is 386 g/mol. The topological polar surface area (TPSA) is 40.5 Å². The molecule has 1 aliphatic heterocycles.